The maximum atomic E-state index is 13.3. The van der Waals surface area contributed by atoms with E-state index in [1.54, 1.807) is 24.3 Å². The van der Waals surface area contributed by atoms with Gasteiger partial charge in [-0.1, -0.05) is 29.8 Å². The maximum Gasteiger partial charge on any atom is 0.332 e. The van der Waals surface area contributed by atoms with Crippen LogP contribution in [0, 0.1) is 0 Å². The van der Waals surface area contributed by atoms with Crippen molar-refractivity contribution in [3.8, 4) is 11.6 Å². The number of aromatic amines is 2. The highest BCUT2D eigenvalue weighted by atomic mass is 35.5. The number of benzene rings is 2. The van der Waals surface area contributed by atoms with E-state index in [9.17, 15) is 14.7 Å². The zero-order valence-corrected chi connectivity index (χ0v) is 16.0. The number of fused-ring (bicyclic) bond motifs is 3. The minimum Gasteiger partial charge on any atom is -0.859 e. The maximum absolute atomic E-state index is 13.3. The molecule has 1 unspecified atom stereocenters. The number of quaternary nitrogens is 1. The quantitative estimate of drug-likeness (QED) is 0.459. The Morgan fingerprint density at radius 2 is 1.83 bits per heavy atom. The van der Waals surface area contributed by atoms with Crippen LogP contribution in [0.15, 0.2) is 58.1 Å². The Balaban J connectivity index is 1.74. The molecule has 0 bridgehead atoms. The Morgan fingerprint density at radius 1 is 1.07 bits per heavy atom. The molecule has 3 heterocycles. The third-order valence-electron chi connectivity index (χ3n) is 5.45. The second-order valence-corrected chi connectivity index (χ2v) is 7.54. The highest BCUT2D eigenvalue weighted by molar-refractivity contribution is 6.30. The first-order valence-corrected chi connectivity index (χ1v) is 9.67. The molecule has 29 heavy (non-hydrogen) atoms. The van der Waals surface area contributed by atoms with Crippen LogP contribution >= 0.6 is 11.6 Å². The van der Waals surface area contributed by atoms with Gasteiger partial charge in [0.05, 0.1) is 17.8 Å². The van der Waals surface area contributed by atoms with Crippen molar-refractivity contribution in [1.29, 1.82) is 0 Å². The van der Waals surface area contributed by atoms with E-state index in [1.807, 2.05) is 29.6 Å². The number of H-pyrrole nitrogens is 2. The van der Waals surface area contributed by atoms with Crippen LogP contribution in [0.2, 0.25) is 5.02 Å². The van der Waals surface area contributed by atoms with Crippen LogP contribution in [0.4, 0.5) is 0 Å². The molecular formula is C21H17ClN4O3. The molecule has 8 heteroatoms. The minimum absolute atomic E-state index is 0.0343. The van der Waals surface area contributed by atoms with Gasteiger partial charge in [-0.3, -0.25) is 14.3 Å². The highest BCUT2D eigenvalue weighted by Crippen LogP contribution is 2.31. The van der Waals surface area contributed by atoms with Gasteiger partial charge in [0.1, 0.15) is 0 Å². The van der Waals surface area contributed by atoms with E-state index in [4.69, 9.17) is 11.6 Å². The monoisotopic (exact) mass is 408 g/mol. The second-order valence-electron chi connectivity index (χ2n) is 7.10. The average Bonchev–Trinajstić information content (AvgIpc) is 3.09. The standard InChI is InChI=1S/C21H17ClN4O3/c22-11-5-7-12(8-6-11)26-20(28)16(19(27)25-21(26)29)18-17-14(9-10-23-18)13-3-1-2-4-15(13)24-17/h1-8,18,23-24,28H,9-10H2,(H,25,27,29). The first-order valence-electron chi connectivity index (χ1n) is 9.29. The topological polar surface area (TPSA) is 110 Å². The Labute approximate surface area is 169 Å². The summed E-state index contributed by atoms with van der Waals surface area (Å²) >= 11 is 5.92. The van der Waals surface area contributed by atoms with Gasteiger partial charge in [0.25, 0.3) is 5.56 Å². The van der Waals surface area contributed by atoms with Gasteiger partial charge in [-0.2, -0.15) is 0 Å². The molecule has 0 saturated carbocycles. The molecule has 0 aliphatic carbocycles. The van der Waals surface area contributed by atoms with Crippen molar-refractivity contribution in [1.82, 2.24) is 14.5 Å². The first kappa shape index (κ1) is 17.8. The molecule has 0 amide bonds. The van der Waals surface area contributed by atoms with Crippen molar-refractivity contribution < 1.29 is 10.4 Å². The zero-order valence-electron chi connectivity index (χ0n) is 15.2. The van der Waals surface area contributed by atoms with Gasteiger partial charge in [-0.25, -0.2) is 4.79 Å². The largest absolute Gasteiger partial charge is 0.859 e. The molecule has 4 N–H and O–H groups in total. The van der Waals surface area contributed by atoms with Crippen molar-refractivity contribution in [2.75, 3.05) is 6.54 Å². The smallest absolute Gasteiger partial charge is 0.332 e. The summed E-state index contributed by atoms with van der Waals surface area (Å²) in [5.41, 5.74) is 1.88. The molecule has 2 aromatic carbocycles. The van der Waals surface area contributed by atoms with Gasteiger partial charge in [-0.05, 0) is 41.8 Å². The van der Waals surface area contributed by atoms with E-state index in [2.05, 4.69) is 9.97 Å². The molecule has 146 valence electrons. The lowest BCUT2D eigenvalue weighted by molar-refractivity contribution is -0.691. The van der Waals surface area contributed by atoms with Crippen LogP contribution in [-0.2, 0) is 6.42 Å². The van der Waals surface area contributed by atoms with Gasteiger partial charge in [0.15, 0.2) is 6.04 Å². The van der Waals surface area contributed by atoms with Crippen LogP contribution < -0.4 is 21.7 Å². The van der Waals surface area contributed by atoms with Gasteiger partial charge in [-0.15, -0.1) is 0 Å². The minimum atomic E-state index is -0.765. The van der Waals surface area contributed by atoms with E-state index in [0.717, 1.165) is 39.7 Å². The molecule has 0 fully saturated rings. The third-order valence-corrected chi connectivity index (χ3v) is 5.70. The van der Waals surface area contributed by atoms with Crippen LogP contribution in [0.1, 0.15) is 22.9 Å². The summed E-state index contributed by atoms with van der Waals surface area (Å²) in [5.74, 6) is -0.617. The predicted molar refractivity (Wildman–Crippen MR) is 108 cm³/mol. The molecule has 1 aliphatic heterocycles. The fourth-order valence-electron chi connectivity index (χ4n) is 4.16. The number of nitrogens with two attached hydrogens (primary N) is 1. The molecular weight excluding hydrogens is 392 g/mol. The Kier molecular flexibility index (Phi) is 4.08. The molecule has 5 rings (SSSR count). The number of nitrogens with zero attached hydrogens (tertiary/aromatic N) is 1. The van der Waals surface area contributed by atoms with Gasteiger partial charge >= 0.3 is 5.69 Å². The van der Waals surface area contributed by atoms with Gasteiger partial charge < -0.3 is 15.4 Å². The number of hydrogen-bond acceptors (Lipinski definition) is 3. The van der Waals surface area contributed by atoms with Crippen molar-refractivity contribution in [2.45, 2.75) is 12.5 Å². The lowest BCUT2D eigenvalue weighted by atomic mass is 9.95. The third kappa shape index (κ3) is 2.78. The van der Waals surface area contributed by atoms with Crippen molar-refractivity contribution >= 4 is 22.5 Å². The normalized spacial score (nSPS) is 16.1. The fraction of sp³-hybridized carbons (Fsp3) is 0.143. The molecule has 4 aromatic rings. The number of para-hydroxylation sites is 1. The lowest BCUT2D eigenvalue weighted by Gasteiger charge is -2.26. The molecule has 2 aromatic heterocycles. The summed E-state index contributed by atoms with van der Waals surface area (Å²) < 4.78 is 0.984. The van der Waals surface area contributed by atoms with Gasteiger partial charge in [0, 0.05) is 28.0 Å². The molecule has 0 radical (unpaired) electrons. The molecule has 1 atom stereocenters. The highest BCUT2D eigenvalue weighted by Gasteiger charge is 2.32. The van der Waals surface area contributed by atoms with E-state index < -0.39 is 23.2 Å². The molecule has 1 aliphatic rings. The summed E-state index contributed by atoms with van der Waals surface area (Å²) in [4.78, 5) is 30.8. The first-order chi connectivity index (χ1) is 14.0. The Bertz CT molecular complexity index is 1350. The van der Waals surface area contributed by atoms with Crippen molar-refractivity contribution in [2.24, 2.45) is 0 Å². The van der Waals surface area contributed by atoms with Crippen LogP contribution in [0.5, 0.6) is 5.88 Å². The average molecular weight is 409 g/mol. The zero-order chi connectivity index (χ0) is 20.1. The molecule has 7 nitrogen and oxygen atoms in total. The molecule has 0 saturated heterocycles. The Morgan fingerprint density at radius 3 is 2.62 bits per heavy atom. The van der Waals surface area contributed by atoms with Crippen LogP contribution in [0.25, 0.3) is 16.6 Å². The Hall–Kier alpha value is -3.29. The summed E-state index contributed by atoms with van der Waals surface area (Å²) in [6.07, 6.45) is 0.832. The van der Waals surface area contributed by atoms with Crippen molar-refractivity contribution in [3.63, 3.8) is 0 Å². The number of hydrogen-bond donors (Lipinski definition) is 3. The summed E-state index contributed by atoms with van der Waals surface area (Å²) in [5, 5.41) is 16.8. The lowest BCUT2D eigenvalue weighted by Crippen LogP contribution is -2.88. The van der Waals surface area contributed by atoms with E-state index >= 15 is 0 Å². The number of halogens is 1. The van der Waals surface area contributed by atoms with Crippen LogP contribution in [-0.4, -0.2) is 21.1 Å². The molecule has 0 spiro atoms. The van der Waals surface area contributed by atoms with Gasteiger partial charge in [0.2, 0.25) is 0 Å². The predicted octanol–water partition coefficient (Wildman–Crippen LogP) is 0.943. The number of rotatable bonds is 2. The van der Waals surface area contributed by atoms with Crippen molar-refractivity contribution in [3.05, 3.63) is 91.2 Å². The summed E-state index contributed by atoms with van der Waals surface area (Å²) in [7, 11) is 0. The fourth-order valence-corrected chi connectivity index (χ4v) is 4.29. The number of aromatic nitrogens is 3. The van der Waals surface area contributed by atoms with Crippen LogP contribution in [0.3, 0.4) is 0 Å². The van der Waals surface area contributed by atoms with E-state index in [-0.39, 0.29) is 5.56 Å². The summed E-state index contributed by atoms with van der Waals surface area (Å²) in [6.45, 7) is 0.735. The number of nitrogens with one attached hydrogen (secondary N) is 2. The SMILES string of the molecule is O=c1[nH]c(=O)n(-c2ccc(Cl)cc2)c([O-])c1C1[NH2+]CCc2c1[nH]c1ccccc21. The second kappa shape index (κ2) is 6.65. The van der Waals surface area contributed by atoms with E-state index in [1.165, 1.54) is 0 Å². The summed E-state index contributed by atoms with van der Waals surface area (Å²) in [6, 6.07) is 13.7. The van der Waals surface area contributed by atoms with E-state index in [0.29, 0.717) is 10.7 Å².